The van der Waals surface area contributed by atoms with E-state index in [0.29, 0.717) is 12.8 Å². The molecular weight excluding hydrogens is 254 g/mol. The average Bonchev–Trinajstić information content (AvgIpc) is 2.34. The molecule has 0 spiro atoms. The number of nitrogens with one attached hydrogen (secondary N) is 1. The Morgan fingerprint density at radius 2 is 1.79 bits per heavy atom. The van der Waals surface area contributed by atoms with Gasteiger partial charge in [0.2, 0.25) is 11.8 Å². The number of hydrogen-bond acceptors (Lipinski definition) is 2. The highest BCUT2D eigenvalue weighted by molar-refractivity contribution is 5.99. The van der Waals surface area contributed by atoms with E-state index in [2.05, 4.69) is 5.32 Å². The lowest BCUT2D eigenvalue weighted by Crippen LogP contribution is -2.71. The first-order valence-electron chi connectivity index (χ1n) is 6.70. The molecule has 1 unspecified atom stereocenters. The molecule has 0 radical (unpaired) electrons. The van der Waals surface area contributed by atoms with Gasteiger partial charge < -0.3 is 10.2 Å². The van der Waals surface area contributed by atoms with Crippen LogP contribution in [-0.4, -0.2) is 41.3 Å². The Bertz CT molecular complexity index is 355. The van der Waals surface area contributed by atoms with Gasteiger partial charge in [0, 0.05) is 0 Å². The molecule has 1 rings (SSSR count). The van der Waals surface area contributed by atoms with Crippen molar-refractivity contribution in [3.8, 4) is 0 Å². The van der Waals surface area contributed by atoms with Crippen molar-refractivity contribution in [1.29, 1.82) is 0 Å². The number of alkyl halides is 2. The molecule has 1 heterocycles. The Morgan fingerprint density at radius 3 is 2.16 bits per heavy atom. The lowest BCUT2D eigenvalue weighted by atomic mass is 9.84. The van der Waals surface area contributed by atoms with Gasteiger partial charge in [-0.15, -0.1) is 0 Å². The number of carbonyl (C=O) groups excluding carboxylic acids is 2. The average molecular weight is 276 g/mol. The van der Waals surface area contributed by atoms with Gasteiger partial charge >= 0.3 is 0 Å². The fourth-order valence-electron chi connectivity index (χ4n) is 2.65. The molecule has 0 saturated carbocycles. The van der Waals surface area contributed by atoms with Gasteiger partial charge in [-0.05, 0) is 18.8 Å². The van der Waals surface area contributed by atoms with Crippen LogP contribution >= 0.6 is 0 Å². The van der Waals surface area contributed by atoms with Crippen LogP contribution in [0.25, 0.3) is 0 Å². The molecule has 1 N–H and O–H groups in total. The summed E-state index contributed by atoms with van der Waals surface area (Å²) in [5.74, 6) is -0.849. The summed E-state index contributed by atoms with van der Waals surface area (Å²) in [6.45, 7) is 6.37. The highest BCUT2D eigenvalue weighted by Crippen LogP contribution is 2.31. The normalized spacial score (nSPS) is 23.2. The first-order valence-corrected chi connectivity index (χ1v) is 6.70. The van der Waals surface area contributed by atoms with Crippen molar-refractivity contribution in [2.75, 3.05) is 6.54 Å². The zero-order valence-electron chi connectivity index (χ0n) is 11.9. The van der Waals surface area contributed by atoms with Crippen LogP contribution in [0, 0.1) is 5.92 Å². The quantitative estimate of drug-likeness (QED) is 0.832. The number of carbonyl (C=O) groups is 2. The summed E-state index contributed by atoms with van der Waals surface area (Å²) in [4.78, 5) is 25.7. The topological polar surface area (TPSA) is 49.4 Å². The van der Waals surface area contributed by atoms with E-state index in [1.54, 1.807) is 27.7 Å². The van der Waals surface area contributed by atoms with Crippen molar-refractivity contribution in [3.63, 3.8) is 0 Å². The molecule has 1 atom stereocenters. The number of hydrogen-bond donors (Lipinski definition) is 1. The molecule has 1 saturated heterocycles. The van der Waals surface area contributed by atoms with Gasteiger partial charge in [0.05, 0.1) is 6.54 Å². The van der Waals surface area contributed by atoms with Crippen LogP contribution in [0.4, 0.5) is 8.78 Å². The standard InChI is InChI=1S/C13H22F2N2O2/c1-5-13(6-2)12(19)16-10(8(3)4)11(18)17(13)7-9(14)15/h8-10H,5-7H2,1-4H3,(H,16,19). The molecule has 1 aliphatic heterocycles. The number of nitrogens with zero attached hydrogens (tertiary/aromatic N) is 1. The van der Waals surface area contributed by atoms with Crippen molar-refractivity contribution in [2.24, 2.45) is 5.92 Å². The molecule has 110 valence electrons. The monoisotopic (exact) mass is 276 g/mol. The van der Waals surface area contributed by atoms with Crippen molar-refractivity contribution in [2.45, 2.75) is 58.5 Å². The predicted octanol–water partition coefficient (Wildman–Crippen LogP) is 1.79. The van der Waals surface area contributed by atoms with Crippen molar-refractivity contribution < 1.29 is 18.4 Å². The molecule has 6 heteroatoms. The number of amides is 2. The summed E-state index contributed by atoms with van der Waals surface area (Å²) >= 11 is 0. The molecule has 1 fully saturated rings. The summed E-state index contributed by atoms with van der Waals surface area (Å²) in [6.07, 6.45) is -1.97. The lowest BCUT2D eigenvalue weighted by molar-refractivity contribution is -0.162. The second-order valence-electron chi connectivity index (χ2n) is 5.27. The summed E-state index contributed by atoms with van der Waals surface area (Å²) in [5.41, 5.74) is -1.14. The first-order chi connectivity index (χ1) is 8.80. The Hall–Kier alpha value is -1.20. The van der Waals surface area contributed by atoms with E-state index >= 15 is 0 Å². The van der Waals surface area contributed by atoms with Gasteiger partial charge in [-0.2, -0.15) is 0 Å². The Balaban J connectivity index is 3.17. The zero-order valence-corrected chi connectivity index (χ0v) is 11.9. The van der Waals surface area contributed by atoms with Gasteiger partial charge in [0.1, 0.15) is 11.6 Å². The van der Waals surface area contributed by atoms with Crippen LogP contribution in [0.2, 0.25) is 0 Å². The molecule has 0 bridgehead atoms. The van der Waals surface area contributed by atoms with Crippen molar-refractivity contribution in [1.82, 2.24) is 10.2 Å². The second kappa shape index (κ2) is 5.84. The smallest absolute Gasteiger partial charge is 0.255 e. The second-order valence-corrected chi connectivity index (χ2v) is 5.27. The zero-order chi connectivity index (χ0) is 14.8. The Kier molecular flexibility index (Phi) is 4.87. The van der Waals surface area contributed by atoms with Crippen LogP contribution in [0.1, 0.15) is 40.5 Å². The van der Waals surface area contributed by atoms with Gasteiger partial charge in [0.15, 0.2) is 0 Å². The molecule has 0 aromatic rings. The fourth-order valence-corrected chi connectivity index (χ4v) is 2.65. The molecule has 0 aromatic carbocycles. The highest BCUT2D eigenvalue weighted by Gasteiger charge is 2.51. The van der Waals surface area contributed by atoms with E-state index in [9.17, 15) is 18.4 Å². The van der Waals surface area contributed by atoms with Crippen molar-refractivity contribution >= 4 is 11.8 Å². The van der Waals surface area contributed by atoms with E-state index in [1.165, 1.54) is 0 Å². The Labute approximate surface area is 112 Å². The van der Waals surface area contributed by atoms with Gasteiger partial charge in [0.25, 0.3) is 6.43 Å². The molecule has 0 aromatic heterocycles. The predicted molar refractivity (Wildman–Crippen MR) is 67.8 cm³/mol. The third-order valence-electron chi connectivity index (χ3n) is 3.92. The molecule has 19 heavy (non-hydrogen) atoms. The number of piperazine rings is 1. The molecule has 2 amide bonds. The van der Waals surface area contributed by atoms with Crippen LogP contribution in [0.5, 0.6) is 0 Å². The minimum Gasteiger partial charge on any atom is -0.342 e. The van der Waals surface area contributed by atoms with Crippen LogP contribution in [-0.2, 0) is 9.59 Å². The highest BCUT2D eigenvalue weighted by atomic mass is 19.3. The summed E-state index contributed by atoms with van der Waals surface area (Å²) < 4.78 is 25.5. The van der Waals surface area contributed by atoms with Crippen molar-refractivity contribution in [3.05, 3.63) is 0 Å². The Morgan fingerprint density at radius 1 is 1.26 bits per heavy atom. The summed E-state index contributed by atoms with van der Waals surface area (Å²) in [6, 6.07) is -0.711. The fraction of sp³-hybridized carbons (Fsp3) is 0.846. The maximum atomic E-state index is 12.7. The number of rotatable bonds is 5. The van der Waals surface area contributed by atoms with Gasteiger partial charge in [-0.25, -0.2) is 8.78 Å². The van der Waals surface area contributed by atoms with Crippen LogP contribution in [0.3, 0.4) is 0 Å². The van der Waals surface area contributed by atoms with E-state index in [4.69, 9.17) is 0 Å². The van der Waals surface area contributed by atoms with Crippen LogP contribution in [0.15, 0.2) is 0 Å². The minimum atomic E-state index is -2.64. The van der Waals surface area contributed by atoms with Gasteiger partial charge in [-0.1, -0.05) is 27.7 Å². The third-order valence-corrected chi connectivity index (χ3v) is 3.92. The maximum absolute atomic E-state index is 12.7. The van der Waals surface area contributed by atoms with Gasteiger partial charge in [-0.3, -0.25) is 9.59 Å². The molecular formula is C13H22F2N2O2. The van der Waals surface area contributed by atoms with E-state index in [-0.39, 0.29) is 11.8 Å². The third kappa shape index (κ3) is 2.72. The largest absolute Gasteiger partial charge is 0.342 e. The van der Waals surface area contributed by atoms with Crippen LogP contribution < -0.4 is 5.32 Å². The molecule has 4 nitrogen and oxygen atoms in total. The number of halogens is 2. The van der Waals surface area contributed by atoms with E-state index in [0.717, 1.165) is 4.90 Å². The summed E-state index contributed by atoms with van der Waals surface area (Å²) in [7, 11) is 0. The molecule has 0 aliphatic carbocycles. The van der Waals surface area contributed by atoms with E-state index < -0.39 is 30.5 Å². The maximum Gasteiger partial charge on any atom is 0.255 e. The SMILES string of the molecule is CCC1(CC)C(=O)NC(C(C)C)C(=O)N1CC(F)F. The first kappa shape index (κ1) is 15.9. The molecule has 1 aliphatic rings. The summed E-state index contributed by atoms with van der Waals surface area (Å²) in [5, 5.41) is 2.69. The minimum absolute atomic E-state index is 0.122. The van der Waals surface area contributed by atoms with E-state index in [1.807, 2.05) is 0 Å². The lowest BCUT2D eigenvalue weighted by Gasteiger charge is -2.48.